The average Bonchev–Trinajstić information content (AvgIpc) is 2.98. The van der Waals surface area contributed by atoms with E-state index in [0.29, 0.717) is 10.8 Å². The van der Waals surface area contributed by atoms with E-state index in [-0.39, 0.29) is 6.54 Å². The number of rotatable bonds is 6. The van der Waals surface area contributed by atoms with E-state index >= 15 is 0 Å². The van der Waals surface area contributed by atoms with Gasteiger partial charge in [0.25, 0.3) is 0 Å². The fourth-order valence-electron chi connectivity index (χ4n) is 1.58. The van der Waals surface area contributed by atoms with Gasteiger partial charge in [-0.2, -0.15) is 0 Å². The number of aromatic nitrogens is 2. The standard InChI is InChI=1S/C11H16N4O2S2/c1-8-3-11(18-10(8)6-12-2)19(16,17)15-5-9-4-13-7-14-9/h3-4,7,12,15H,5-6H2,1-2H3,(H,13,14). The zero-order valence-electron chi connectivity index (χ0n) is 10.7. The molecule has 0 aromatic carbocycles. The van der Waals surface area contributed by atoms with Gasteiger partial charge in [0.05, 0.1) is 12.9 Å². The maximum atomic E-state index is 12.1. The molecule has 0 aliphatic carbocycles. The van der Waals surface area contributed by atoms with Gasteiger partial charge in [0.1, 0.15) is 4.21 Å². The second-order valence-corrected chi connectivity index (χ2v) is 7.23. The second kappa shape index (κ2) is 5.83. The monoisotopic (exact) mass is 300 g/mol. The van der Waals surface area contributed by atoms with Gasteiger partial charge in [0.2, 0.25) is 10.0 Å². The highest BCUT2D eigenvalue weighted by molar-refractivity contribution is 7.91. The number of H-pyrrole nitrogens is 1. The molecule has 0 spiro atoms. The Morgan fingerprint density at radius 1 is 1.42 bits per heavy atom. The van der Waals surface area contributed by atoms with Crippen LogP contribution >= 0.6 is 11.3 Å². The van der Waals surface area contributed by atoms with Crippen molar-refractivity contribution in [2.45, 2.75) is 24.2 Å². The topological polar surface area (TPSA) is 86.9 Å². The van der Waals surface area contributed by atoms with E-state index in [0.717, 1.165) is 16.1 Å². The van der Waals surface area contributed by atoms with Crippen molar-refractivity contribution >= 4 is 21.4 Å². The molecule has 8 heteroatoms. The number of imidazole rings is 1. The molecule has 0 radical (unpaired) electrons. The molecule has 3 N–H and O–H groups in total. The molecule has 0 saturated carbocycles. The number of aromatic amines is 1. The first kappa shape index (κ1) is 14.2. The quantitative estimate of drug-likeness (QED) is 0.742. The van der Waals surface area contributed by atoms with Gasteiger partial charge in [-0.15, -0.1) is 11.3 Å². The van der Waals surface area contributed by atoms with Crippen LogP contribution < -0.4 is 10.0 Å². The Kier molecular flexibility index (Phi) is 4.35. The molecule has 0 aliphatic rings. The van der Waals surface area contributed by atoms with Crippen molar-refractivity contribution in [1.82, 2.24) is 20.0 Å². The smallest absolute Gasteiger partial charge is 0.250 e. The van der Waals surface area contributed by atoms with Crippen molar-refractivity contribution in [2.24, 2.45) is 0 Å². The van der Waals surface area contributed by atoms with E-state index in [1.54, 1.807) is 12.3 Å². The summed E-state index contributed by atoms with van der Waals surface area (Å²) in [5, 5.41) is 3.03. The Bertz CT molecular complexity index is 632. The maximum absolute atomic E-state index is 12.1. The van der Waals surface area contributed by atoms with E-state index in [2.05, 4.69) is 20.0 Å². The van der Waals surface area contributed by atoms with Crippen molar-refractivity contribution in [2.75, 3.05) is 7.05 Å². The van der Waals surface area contributed by atoms with Crippen molar-refractivity contribution < 1.29 is 8.42 Å². The van der Waals surface area contributed by atoms with Crippen LogP contribution in [0.2, 0.25) is 0 Å². The lowest BCUT2D eigenvalue weighted by Crippen LogP contribution is -2.22. The van der Waals surface area contributed by atoms with E-state index in [1.165, 1.54) is 17.7 Å². The first-order chi connectivity index (χ1) is 9.03. The zero-order valence-corrected chi connectivity index (χ0v) is 12.4. The van der Waals surface area contributed by atoms with Crippen LogP contribution in [0.1, 0.15) is 16.1 Å². The van der Waals surface area contributed by atoms with Crippen LogP contribution in [-0.2, 0) is 23.1 Å². The van der Waals surface area contributed by atoms with Gasteiger partial charge in [0, 0.05) is 23.3 Å². The molecule has 104 valence electrons. The van der Waals surface area contributed by atoms with Crippen molar-refractivity contribution in [3.8, 4) is 0 Å². The summed E-state index contributed by atoms with van der Waals surface area (Å²) in [5.74, 6) is 0. The highest BCUT2D eigenvalue weighted by atomic mass is 32.2. The predicted molar refractivity (Wildman–Crippen MR) is 74.4 cm³/mol. The summed E-state index contributed by atoms with van der Waals surface area (Å²) < 4.78 is 27.2. The zero-order chi connectivity index (χ0) is 13.9. The van der Waals surface area contributed by atoms with Crippen LogP contribution in [0.4, 0.5) is 0 Å². The van der Waals surface area contributed by atoms with Crippen LogP contribution in [-0.4, -0.2) is 25.4 Å². The SMILES string of the molecule is CNCc1sc(S(=O)(=O)NCc2cnc[nH]2)cc1C. The summed E-state index contributed by atoms with van der Waals surface area (Å²) in [6.07, 6.45) is 3.11. The third kappa shape index (κ3) is 3.41. The van der Waals surface area contributed by atoms with E-state index in [1.807, 2.05) is 14.0 Å². The molecule has 0 amide bonds. The van der Waals surface area contributed by atoms with Gasteiger partial charge in [-0.05, 0) is 25.6 Å². The summed E-state index contributed by atoms with van der Waals surface area (Å²) in [5.41, 5.74) is 1.72. The van der Waals surface area contributed by atoms with Crippen molar-refractivity contribution in [3.63, 3.8) is 0 Å². The number of nitrogens with one attached hydrogen (secondary N) is 3. The lowest BCUT2D eigenvalue weighted by Gasteiger charge is -2.02. The molecule has 0 atom stereocenters. The Hall–Kier alpha value is -1.22. The van der Waals surface area contributed by atoms with Gasteiger partial charge >= 0.3 is 0 Å². The number of aryl methyl sites for hydroxylation is 1. The molecule has 0 bridgehead atoms. The molecule has 0 fully saturated rings. The molecular weight excluding hydrogens is 284 g/mol. The Morgan fingerprint density at radius 3 is 2.84 bits per heavy atom. The van der Waals surface area contributed by atoms with Crippen LogP contribution in [0.25, 0.3) is 0 Å². The van der Waals surface area contributed by atoms with Crippen LogP contribution in [0, 0.1) is 6.92 Å². The molecule has 0 aliphatic heterocycles. The van der Waals surface area contributed by atoms with Crippen LogP contribution in [0.5, 0.6) is 0 Å². The van der Waals surface area contributed by atoms with E-state index in [9.17, 15) is 8.42 Å². The van der Waals surface area contributed by atoms with Gasteiger partial charge < -0.3 is 10.3 Å². The third-order valence-electron chi connectivity index (χ3n) is 2.61. The molecule has 0 saturated heterocycles. The Labute approximate surface area is 116 Å². The van der Waals surface area contributed by atoms with E-state index in [4.69, 9.17) is 0 Å². The summed E-state index contributed by atoms with van der Waals surface area (Å²) in [4.78, 5) is 7.73. The van der Waals surface area contributed by atoms with Crippen LogP contribution in [0.15, 0.2) is 22.8 Å². The largest absolute Gasteiger partial charge is 0.347 e. The molecule has 2 rings (SSSR count). The van der Waals surface area contributed by atoms with Gasteiger partial charge in [-0.25, -0.2) is 18.1 Å². The molecule has 2 aromatic rings. The number of sulfonamides is 1. The first-order valence-electron chi connectivity index (χ1n) is 5.74. The van der Waals surface area contributed by atoms with Gasteiger partial charge in [0.15, 0.2) is 0 Å². The van der Waals surface area contributed by atoms with E-state index < -0.39 is 10.0 Å². The minimum atomic E-state index is -3.46. The first-order valence-corrected chi connectivity index (χ1v) is 8.03. The minimum Gasteiger partial charge on any atom is -0.347 e. The molecular formula is C11H16N4O2S2. The highest BCUT2D eigenvalue weighted by Gasteiger charge is 2.18. The second-order valence-electron chi connectivity index (χ2n) is 4.10. The average molecular weight is 300 g/mol. The molecule has 2 aromatic heterocycles. The van der Waals surface area contributed by atoms with Gasteiger partial charge in [-0.1, -0.05) is 0 Å². The summed E-state index contributed by atoms with van der Waals surface area (Å²) >= 11 is 1.29. The summed E-state index contributed by atoms with van der Waals surface area (Å²) in [7, 11) is -1.63. The lowest BCUT2D eigenvalue weighted by molar-refractivity contribution is 0.582. The fourth-order valence-corrected chi connectivity index (χ4v) is 4.23. The Balaban J connectivity index is 2.12. The predicted octanol–water partition coefficient (Wildman–Crippen LogP) is 0.978. The Morgan fingerprint density at radius 2 is 2.21 bits per heavy atom. The van der Waals surface area contributed by atoms with Gasteiger partial charge in [-0.3, -0.25) is 0 Å². The number of thiophene rings is 1. The number of hydrogen-bond acceptors (Lipinski definition) is 5. The molecule has 2 heterocycles. The van der Waals surface area contributed by atoms with Crippen molar-refractivity contribution in [1.29, 1.82) is 0 Å². The van der Waals surface area contributed by atoms with Crippen molar-refractivity contribution in [3.05, 3.63) is 34.7 Å². The maximum Gasteiger partial charge on any atom is 0.250 e. The lowest BCUT2D eigenvalue weighted by atomic mass is 10.3. The number of nitrogens with zero attached hydrogens (tertiary/aromatic N) is 1. The highest BCUT2D eigenvalue weighted by Crippen LogP contribution is 2.25. The number of hydrogen-bond donors (Lipinski definition) is 3. The summed E-state index contributed by atoms with van der Waals surface area (Å²) in [6.45, 7) is 2.80. The molecule has 0 unspecified atom stereocenters. The fraction of sp³-hybridized carbons (Fsp3) is 0.364. The normalized spacial score (nSPS) is 11.9. The molecule has 19 heavy (non-hydrogen) atoms. The molecule has 6 nitrogen and oxygen atoms in total. The third-order valence-corrected chi connectivity index (χ3v) is 5.72. The minimum absolute atomic E-state index is 0.209. The summed E-state index contributed by atoms with van der Waals surface area (Å²) in [6, 6.07) is 1.70. The van der Waals surface area contributed by atoms with Crippen LogP contribution in [0.3, 0.4) is 0 Å².